The molecule has 17 heavy (non-hydrogen) atoms. The number of fused-ring (bicyclic) bond motifs is 1. The fourth-order valence-electron chi connectivity index (χ4n) is 1.48. The molecular weight excluding hydrogens is 218 g/mol. The summed E-state index contributed by atoms with van der Waals surface area (Å²) in [5.74, 6) is 1.49. The number of nitrogens with one attached hydrogen (secondary N) is 1. The number of aromatic nitrogens is 2. The highest BCUT2D eigenvalue weighted by Gasteiger charge is 2.17. The Labute approximate surface area is 102 Å². The fourth-order valence-corrected chi connectivity index (χ4v) is 1.48. The van der Waals surface area contributed by atoms with E-state index in [4.69, 9.17) is 4.74 Å². The van der Waals surface area contributed by atoms with E-state index in [2.05, 4.69) is 24.3 Å². The van der Waals surface area contributed by atoms with Crippen molar-refractivity contribution < 1.29 is 9.53 Å². The van der Waals surface area contributed by atoms with Gasteiger partial charge in [-0.1, -0.05) is 13.8 Å². The van der Waals surface area contributed by atoms with Crippen LogP contribution in [0.1, 0.15) is 38.7 Å². The van der Waals surface area contributed by atoms with Crippen LogP contribution in [0.15, 0.2) is 6.20 Å². The van der Waals surface area contributed by atoms with Crippen LogP contribution in [0.3, 0.4) is 0 Å². The van der Waals surface area contributed by atoms with Crippen LogP contribution in [0, 0.1) is 0 Å². The average molecular weight is 239 g/mol. The average Bonchev–Trinajstić information content (AvgIpc) is 2.73. The van der Waals surface area contributed by atoms with E-state index < -0.39 is 0 Å². The Morgan fingerprint density at radius 3 is 2.76 bits per heavy atom. The number of nitrogens with zero attached hydrogens (tertiary/aromatic N) is 2. The summed E-state index contributed by atoms with van der Waals surface area (Å²) in [6.07, 6.45) is 3.00. The van der Waals surface area contributed by atoms with Gasteiger partial charge in [0.05, 0.1) is 12.8 Å². The first-order chi connectivity index (χ1) is 8.06. The minimum absolute atomic E-state index is 0.00463. The maximum Gasteiger partial charge on any atom is 0.216 e. The SMILES string of the molecule is CC(C)c1cnn2c1OCCC2.CNC(C)=O. The van der Waals surface area contributed by atoms with Crippen LogP contribution in [0.5, 0.6) is 5.88 Å². The molecule has 1 aliphatic rings. The van der Waals surface area contributed by atoms with Crippen molar-refractivity contribution in [3.05, 3.63) is 11.8 Å². The minimum atomic E-state index is 0.00463. The summed E-state index contributed by atoms with van der Waals surface area (Å²) in [5.41, 5.74) is 1.23. The first kappa shape index (κ1) is 13.5. The van der Waals surface area contributed by atoms with Gasteiger partial charge in [0.1, 0.15) is 0 Å². The van der Waals surface area contributed by atoms with Crippen LogP contribution < -0.4 is 10.1 Å². The highest BCUT2D eigenvalue weighted by molar-refractivity contribution is 5.72. The van der Waals surface area contributed by atoms with E-state index in [0.717, 1.165) is 25.5 Å². The summed E-state index contributed by atoms with van der Waals surface area (Å²) in [7, 11) is 1.60. The molecule has 96 valence electrons. The Bertz CT molecular complexity index is 372. The van der Waals surface area contributed by atoms with Gasteiger partial charge < -0.3 is 10.1 Å². The zero-order valence-electron chi connectivity index (χ0n) is 11.0. The lowest BCUT2D eigenvalue weighted by atomic mass is 10.1. The van der Waals surface area contributed by atoms with Gasteiger partial charge >= 0.3 is 0 Å². The van der Waals surface area contributed by atoms with Crippen molar-refractivity contribution in [1.29, 1.82) is 0 Å². The summed E-state index contributed by atoms with van der Waals surface area (Å²) in [5, 5.41) is 6.66. The second-order valence-corrected chi connectivity index (χ2v) is 4.29. The van der Waals surface area contributed by atoms with E-state index in [-0.39, 0.29) is 5.91 Å². The Morgan fingerprint density at radius 1 is 1.59 bits per heavy atom. The van der Waals surface area contributed by atoms with E-state index in [9.17, 15) is 4.79 Å². The molecule has 0 unspecified atom stereocenters. The van der Waals surface area contributed by atoms with Gasteiger partial charge in [-0.3, -0.25) is 4.79 Å². The van der Waals surface area contributed by atoms with Crippen molar-refractivity contribution in [3.63, 3.8) is 0 Å². The number of amides is 1. The molecule has 1 aromatic heterocycles. The van der Waals surface area contributed by atoms with Gasteiger partial charge in [0.2, 0.25) is 11.8 Å². The summed E-state index contributed by atoms with van der Waals surface area (Å²) in [6.45, 7) is 7.64. The molecule has 0 bridgehead atoms. The van der Waals surface area contributed by atoms with Crippen LogP contribution in [0.4, 0.5) is 0 Å². The predicted octanol–water partition coefficient (Wildman–Crippen LogP) is 1.54. The lowest BCUT2D eigenvalue weighted by Crippen LogP contribution is -2.15. The molecule has 0 saturated heterocycles. The Morgan fingerprint density at radius 2 is 2.24 bits per heavy atom. The molecule has 0 fully saturated rings. The number of hydrogen-bond acceptors (Lipinski definition) is 3. The van der Waals surface area contributed by atoms with Crippen molar-refractivity contribution >= 4 is 5.91 Å². The molecule has 0 radical (unpaired) electrons. The number of carbonyl (C=O) groups is 1. The van der Waals surface area contributed by atoms with Gasteiger partial charge in [-0.25, -0.2) is 4.68 Å². The maximum absolute atomic E-state index is 9.70. The monoisotopic (exact) mass is 239 g/mol. The van der Waals surface area contributed by atoms with E-state index in [1.807, 2.05) is 10.9 Å². The minimum Gasteiger partial charge on any atom is -0.478 e. The second kappa shape index (κ2) is 6.27. The van der Waals surface area contributed by atoms with Crippen LogP contribution in [-0.4, -0.2) is 29.3 Å². The summed E-state index contributed by atoms with van der Waals surface area (Å²) in [4.78, 5) is 9.70. The van der Waals surface area contributed by atoms with Crippen molar-refractivity contribution in [2.24, 2.45) is 0 Å². The first-order valence-electron chi connectivity index (χ1n) is 5.93. The van der Waals surface area contributed by atoms with Crippen LogP contribution >= 0.6 is 0 Å². The molecule has 5 heteroatoms. The normalized spacial score (nSPS) is 13.2. The third-order valence-electron chi connectivity index (χ3n) is 2.54. The van der Waals surface area contributed by atoms with E-state index in [1.165, 1.54) is 12.5 Å². The van der Waals surface area contributed by atoms with E-state index >= 15 is 0 Å². The van der Waals surface area contributed by atoms with Gasteiger partial charge in [0.15, 0.2) is 0 Å². The standard InChI is InChI=1S/C9H14N2O.C3H7NO/c1-7(2)8-6-10-11-4-3-5-12-9(8)11;1-3(5)4-2/h6-7H,3-5H2,1-2H3;1-2H3,(H,4,5). The molecule has 2 heterocycles. The lowest BCUT2D eigenvalue weighted by Gasteiger charge is -2.16. The Balaban J connectivity index is 0.000000249. The molecule has 0 spiro atoms. The molecule has 0 saturated carbocycles. The predicted molar refractivity (Wildman–Crippen MR) is 66.2 cm³/mol. The number of hydrogen-bond donors (Lipinski definition) is 1. The number of aryl methyl sites for hydroxylation is 1. The fraction of sp³-hybridized carbons (Fsp3) is 0.667. The molecule has 5 nitrogen and oxygen atoms in total. The summed E-state index contributed by atoms with van der Waals surface area (Å²) < 4.78 is 7.51. The van der Waals surface area contributed by atoms with E-state index in [0.29, 0.717) is 5.92 Å². The van der Waals surface area contributed by atoms with Crippen LogP contribution in [-0.2, 0) is 11.3 Å². The first-order valence-corrected chi connectivity index (χ1v) is 5.93. The van der Waals surface area contributed by atoms with Crippen LogP contribution in [0.25, 0.3) is 0 Å². The molecule has 0 aliphatic carbocycles. The second-order valence-electron chi connectivity index (χ2n) is 4.29. The Hall–Kier alpha value is -1.52. The highest BCUT2D eigenvalue weighted by atomic mass is 16.5. The molecule has 0 atom stereocenters. The molecule has 1 amide bonds. The quantitative estimate of drug-likeness (QED) is 0.808. The van der Waals surface area contributed by atoms with Gasteiger partial charge in [-0.2, -0.15) is 5.10 Å². The molecule has 1 N–H and O–H groups in total. The highest BCUT2D eigenvalue weighted by Crippen LogP contribution is 2.28. The van der Waals surface area contributed by atoms with Crippen molar-refractivity contribution in [1.82, 2.24) is 15.1 Å². The topological polar surface area (TPSA) is 56.1 Å². The lowest BCUT2D eigenvalue weighted by molar-refractivity contribution is -0.118. The smallest absolute Gasteiger partial charge is 0.216 e. The maximum atomic E-state index is 9.70. The van der Waals surface area contributed by atoms with Crippen molar-refractivity contribution in [3.8, 4) is 5.88 Å². The molecule has 2 rings (SSSR count). The number of carbonyl (C=O) groups excluding carboxylic acids is 1. The van der Waals surface area contributed by atoms with Gasteiger partial charge in [0.25, 0.3) is 0 Å². The molecule has 1 aromatic rings. The zero-order chi connectivity index (χ0) is 12.8. The van der Waals surface area contributed by atoms with Crippen molar-refractivity contribution in [2.75, 3.05) is 13.7 Å². The third-order valence-corrected chi connectivity index (χ3v) is 2.54. The van der Waals surface area contributed by atoms with Crippen molar-refractivity contribution in [2.45, 2.75) is 39.7 Å². The molecular formula is C12H21N3O2. The largest absolute Gasteiger partial charge is 0.478 e. The molecule has 1 aliphatic heterocycles. The van der Waals surface area contributed by atoms with Crippen LogP contribution in [0.2, 0.25) is 0 Å². The number of ether oxygens (including phenoxy) is 1. The molecule has 0 aromatic carbocycles. The zero-order valence-corrected chi connectivity index (χ0v) is 11.0. The third kappa shape index (κ3) is 3.76. The van der Waals surface area contributed by atoms with Gasteiger partial charge in [-0.15, -0.1) is 0 Å². The van der Waals surface area contributed by atoms with E-state index in [1.54, 1.807) is 7.05 Å². The summed E-state index contributed by atoms with van der Waals surface area (Å²) >= 11 is 0. The van der Waals surface area contributed by atoms with Gasteiger partial charge in [0, 0.05) is 32.5 Å². The van der Waals surface area contributed by atoms with Gasteiger partial charge in [-0.05, 0) is 5.92 Å². The Kier molecular flexibility index (Phi) is 5.00. The number of rotatable bonds is 1. The summed E-state index contributed by atoms with van der Waals surface area (Å²) in [6, 6.07) is 0.